The molecule has 1 N–H and O–H groups in total. The van der Waals surface area contributed by atoms with Crippen molar-refractivity contribution in [2.75, 3.05) is 6.54 Å². The summed E-state index contributed by atoms with van der Waals surface area (Å²) in [5.41, 5.74) is 3.11. The third-order valence-corrected chi connectivity index (χ3v) is 3.07. The lowest BCUT2D eigenvalue weighted by atomic mass is 10.1. The number of hydrogen-bond acceptors (Lipinski definition) is 2. The summed E-state index contributed by atoms with van der Waals surface area (Å²) in [6.07, 6.45) is 0. The molecule has 0 aliphatic carbocycles. The highest BCUT2D eigenvalue weighted by atomic mass is 19.1. The van der Waals surface area contributed by atoms with E-state index in [0.717, 1.165) is 23.4 Å². The van der Waals surface area contributed by atoms with Crippen LogP contribution in [-0.2, 0) is 6.54 Å². The minimum absolute atomic E-state index is 0.278. The van der Waals surface area contributed by atoms with Crippen LogP contribution in [0.25, 0.3) is 0 Å². The van der Waals surface area contributed by atoms with Gasteiger partial charge in [0.25, 0.3) is 0 Å². The van der Waals surface area contributed by atoms with Crippen molar-refractivity contribution in [1.29, 1.82) is 0 Å². The van der Waals surface area contributed by atoms with Crippen LogP contribution in [0.2, 0.25) is 0 Å². The Morgan fingerprint density at radius 3 is 2.60 bits per heavy atom. The lowest BCUT2D eigenvalue weighted by molar-refractivity contribution is 0.471. The van der Waals surface area contributed by atoms with Gasteiger partial charge in [-0.15, -0.1) is 0 Å². The van der Waals surface area contributed by atoms with Gasteiger partial charge in [-0.3, -0.25) is 0 Å². The third kappa shape index (κ3) is 3.81. The fraction of sp³-hybridized carbons (Fsp3) is 0.294. The van der Waals surface area contributed by atoms with Crippen LogP contribution < -0.4 is 10.1 Å². The number of rotatable bonds is 5. The van der Waals surface area contributed by atoms with Gasteiger partial charge in [0.2, 0.25) is 0 Å². The Kier molecular flexibility index (Phi) is 4.74. The molecule has 0 fully saturated rings. The molecule has 0 aliphatic rings. The molecule has 0 spiro atoms. The number of ether oxygens (including phenoxy) is 1. The van der Waals surface area contributed by atoms with Crippen molar-refractivity contribution in [2.24, 2.45) is 0 Å². The summed E-state index contributed by atoms with van der Waals surface area (Å²) in [7, 11) is 0. The first kappa shape index (κ1) is 14.5. The number of aryl methyl sites for hydroxylation is 2. The lowest BCUT2D eigenvalue weighted by Crippen LogP contribution is -2.11. The molecule has 0 aromatic heterocycles. The van der Waals surface area contributed by atoms with Gasteiger partial charge in [-0.05, 0) is 49.7 Å². The van der Waals surface area contributed by atoms with Crippen LogP contribution in [0, 0.1) is 19.7 Å². The van der Waals surface area contributed by atoms with Crippen molar-refractivity contribution in [2.45, 2.75) is 27.3 Å². The van der Waals surface area contributed by atoms with Crippen LogP contribution in [0.4, 0.5) is 4.39 Å². The molecule has 0 atom stereocenters. The third-order valence-electron chi connectivity index (χ3n) is 3.07. The second-order valence-electron chi connectivity index (χ2n) is 4.95. The van der Waals surface area contributed by atoms with Gasteiger partial charge in [0.05, 0.1) is 0 Å². The molecule has 0 saturated carbocycles. The Hall–Kier alpha value is -1.87. The van der Waals surface area contributed by atoms with Crippen molar-refractivity contribution in [1.82, 2.24) is 5.32 Å². The summed E-state index contributed by atoms with van der Waals surface area (Å²) in [6.45, 7) is 7.53. The van der Waals surface area contributed by atoms with Crippen LogP contribution >= 0.6 is 0 Å². The molecular weight excluding hydrogens is 253 g/mol. The van der Waals surface area contributed by atoms with E-state index in [1.165, 1.54) is 17.7 Å². The highest BCUT2D eigenvalue weighted by Gasteiger charge is 2.05. The van der Waals surface area contributed by atoms with E-state index in [4.69, 9.17) is 4.74 Å². The summed E-state index contributed by atoms with van der Waals surface area (Å²) >= 11 is 0. The Morgan fingerprint density at radius 2 is 1.90 bits per heavy atom. The predicted molar refractivity (Wildman–Crippen MR) is 79.8 cm³/mol. The van der Waals surface area contributed by atoms with Gasteiger partial charge in [-0.25, -0.2) is 4.39 Å². The molecule has 2 rings (SSSR count). The largest absolute Gasteiger partial charge is 0.457 e. The maximum atomic E-state index is 13.6. The smallest absolute Gasteiger partial charge is 0.130 e. The zero-order valence-electron chi connectivity index (χ0n) is 12.2. The minimum atomic E-state index is -0.278. The maximum Gasteiger partial charge on any atom is 0.130 e. The molecule has 0 heterocycles. The predicted octanol–water partition coefficient (Wildman–Crippen LogP) is 4.34. The van der Waals surface area contributed by atoms with Gasteiger partial charge >= 0.3 is 0 Å². The molecule has 0 bridgehead atoms. The Morgan fingerprint density at radius 1 is 1.10 bits per heavy atom. The minimum Gasteiger partial charge on any atom is -0.457 e. The van der Waals surface area contributed by atoms with E-state index in [9.17, 15) is 4.39 Å². The van der Waals surface area contributed by atoms with E-state index in [2.05, 4.69) is 5.32 Å². The fourth-order valence-corrected chi connectivity index (χ4v) is 2.09. The van der Waals surface area contributed by atoms with Crippen molar-refractivity contribution in [3.05, 3.63) is 58.9 Å². The standard InChI is InChI=1S/C17H20FNO/c1-4-19-11-14-8-15(18)10-16(9-14)20-17-6-5-12(2)7-13(17)3/h5-10,19H,4,11H2,1-3H3. The van der Waals surface area contributed by atoms with Crippen LogP contribution in [-0.4, -0.2) is 6.54 Å². The van der Waals surface area contributed by atoms with Crippen molar-refractivity contribution >= 4 is 0 Å². The van der Waals surface area contributed by atoms with Crippen LogP contribution in [0.5, 0.6) is 11.5 Å². The van der Waals surface area contributed by atoms with E-state index < -0.39 is 0 Å². The van der Waals surface area contributed by atoms with Gasteiger partial charge in [0.15, 0.2) is 0 Å². The molecule has 0 aliphatic heterocycles. The molecule has 106 valence electrons. The summed E-state index contributed by atoms with van der Waals surface area (Å²) in [5.74, 6) is 1.01. The molecule has 20 heavy (non-hydrogen) atoms. The van der Waals surface area contributed by atoms with E-state index in [0.29, 0.717) is 12.3 Å². The molecular formula is C17H20FNO. The van der Waals surface area contributed by atoms with E-state index in [1.54, 1.807) is 0 Å². The molecule has 0 saturated heterocycles. The van der Waals surface area contributed by atoms with Crippen molar-refractivity contribution in [3.63, 3.8) is 0 Å². The Balaban J connectivity index is 2.21. The summed E-state index contributed by atoms with van der Waals surface area (Å²) in [5, 5.41) is 3.18. The first-order chi connectivity index (χ1) is 9.58. The first-order valence-electron chi connectivity index (χ1n) is 6.84. The van der Waals surface area contributed by atoms with E-state index in [-0.39, 0.29) is 5.82 Å². The second kappa shape index (κ2) is 6.53. The molecule has 0 amide bonds. The first-order valence-corrected chi connectivity index (χ1v) is 6.84. The molecule has 2 nitrogen and oxygen atoms in total. The number of benzene rings is 2. The van der Waals surface area contributed by atoms with Gasteiger partial charge < -0.3 is 10.1 Å². The second-order valence-corrected chi connectivity index (χ2v) is 4.95. The maximum absolute atomic E-state index is 13.6. The normalized spacial score (nSPS) is 10.6. The molecule has 2 aromatic rings. The van der Waals surface area contributed by atoms with E-state index >= 15 is 0 Å². The SMILES string of the molecule is CCNCc1cc(F)cc(Oc2ccc(C)cc2C)c1. The highest BCUT2D eigenvalue weighted by molar-refractivity contribution is 5.40. The Bertz CT molecular complexity index is 596. The zero-order chi connectivity index (χ0) is 14.5. The van der Waals surface area contributed by atoms with Crippen LogP contribution in [0.15, 0.2) is 36.4 Å². The molecule has 0 unspecified atom stereocenters. The van der Waals surface area contributed by atoms with Gasteiger partial charge in [0, 0.05) is 12.6 Å². The molecule has 0 radical (unpaired) electrons. The molecule has 3 heteroatoms. The monoisotopic (exact) mass is 273 g/mol. The zero-order valence-corrected chi connectivity index (χ0v) is 12.2. The highest BCUT2D eigenvalue weighted by Crippen LogP contribution is 2.27. The topological polar surface area (TPSA) is 21.3 Å². The number of nitrogens with one attached hydrogen (secondary N) is 1. The van der Waals surface area contributed by atoms with Crippen LogP contribution in [0.1, 0.15) is 23.6 Å². The number of halogens is 1. The van der Waals surface area contributed by atoms with Gasteiger partial charge in [-0.1, -0.05) is 24.6 Å². The lowest BCUT2D eigenvalue weighted by Gasteiger charge is -2.11. The summed E-state index contributed by atoms with van der Waals surface area (Å²) in [6, 6.07) is 10.8. The van der Waals surface area contributed by atoms with Crippen molar-refractivity contribution < 1.29 is 9.13 Å². The summed E-state index contributed by atoms with van der Waals surface area (Å²) < 4.78 is 19.4. The van der Waals surface area contributed by atoms with Crippen molar-refractivity contribution in [3.8, 4) is 11.5 Å². The van der Waals surface area contributed by atoms with Gasteiger partial charge in [-0.2, -0.15) is 0 Å². The molecule has 2 aromatic carbocycles. The van der Waals surface area contributed by atoms with Gasteiger partial charge in [0.1, 0.15) is 17.3 Å². The average Bonchev–Trinajstić information content (AvgIpc) is 2.39. The Labute approximate surface area is 119 Å². The quantitative estimate of drug-likeness (QED) is 0.874. The fourth-order valence-electron chi connectivity index (χ4n) is 2.09. The van der Waals surface area contributed by atoms with E-state index in [1.807, 2.05) is 45.0 Å². The van der Waals surface area contributed by atoms with Crippen LogP contribution in [0.3, 0.4) is 0 Å². The number of hydrogen-bond donors (Lipinski definition) is 1. The summed E-state index contributed by atoms with van der Waals surface area (Å²) in [4.78, 5) is 0. The average molecular weight is 273 g/mol.